The maximum atomic E-state index is 12.5. The molecule has 0 atom stereocenters. The van der Waals surface area contributed by atoms with Gasteiger partial charge in [0.15, 0.2) is 0 Å². The Morgan fingerprint density at radius 1 is 1.07 bits per heavy atom. The Morgan fingerprint density at radius 2 is 1.82 bits per heavy atom. The predicted molar refractivity (Wildman–Crippen MR) is 107 cm³/mol. The topological polar surface area (TPSA) is 97.0 Å². The highest BCUT2D eigenvalue weighted by atomic mass is 32.1. The molecule has 2 N–H and O–H groups in total. The van der Waals surface area contributed by atoms with Gasteiger partial charge in [-0.05, 0) is 35.7 Å². The van der Waals surface area contributed by atoms with Crippen molar-refractivity contribution in [1.82, 2.24) is 10.2 Å². The second kappa shape index (κ2) is 11.1. The third kappa shape index (κ3) is 6.67. The molecule has 0 aliphatic rings. The van der Waals surface area contributed by atoms with Crippen LogP contribution < -0.4 is 15.4 Å². The number of benzene rings is 1. The molecule has 0 aliphatic heterocycles. The molecule has 1 aromatic carbocycles. The van der Waals surface area contributed by atoms with E-state index in [-0.39, 0.29) is 31.4 Å². The summed E-state index contributed by atoms with van der Waals surface area (Å²) < 4.78 is 10.1. The SMILES string of the molecule is COCCN(CC(=O)NCC(=O)Nc1ccc(OC)cc1)C(=O)c1cccs1. The molecule has 8 nitrogen and oxygen atoms in total. The zero-order chi connectivity index (χ0) is 20.4. The Labute approximate surface area is 167 Å². The average molecular weight is 405 g/mol. The van der Waals surface area contributed by atoms with Crippen molar-refractivity contribution in [3.63, 3.8) is 0 Å². The molecule has 0 unspecified atom stereocenters. The number of carbonyl (C=O) groups excluding carboxylic acids is 3. The van der Waals surface area contributed by atoms with Gasteiger partial charge >= 0.3 is 0 Å². The maximum absolute atomic E-state index is 12.5. The summed E-state index contributed by atoms with van der Waals surface area (Å²) in [6, 6.07) is 10.3. The van der Waals surface area contributed by atoms with Crippen molar-refractivity contribution in [2.24, 2.45) is 0 Å². The van der Waals surface area contributed by atoms with Crippen LogP contribution in [0.3, 0.4) is 0 Å². The number of nitrogens with zero attached hydrogens (tertiary/aromatic N) is 1. The molecule has 0 spiro atoms. The lowest BCUT2D eigenvalue weighted by molar-refractivity contribution is -0.124. The number of rotatable bonds is 10. The van der Waals surface area contributed by atoms with E-state index in [0.717, 1.165) is 0 Å². The molecular weight excluding hydrogens is 382 g/mol. The van der Waals surface area contributed by atoms with Gasteiger partial charge in [0, 0.05) is 19.3 Å². The van der Waals surface area contributed by atoms with Gasteiger partial charge in [-0.15, -0.1) is 11.3 Å². The van der Waals surface area contributed by atoms with Gasteiger partial charge in [-0.3, -0.25) is 14.4 Å². The highest BCUT2D eigenvalue weighted by Crippen LogP contribution is 2.14. The molecule has 2 aromatic rings. The third-order valence-electron chi connectivity index (χ3n) is 3.74. The van der Waals surface area contributed by atoms with E-state index >= 15 is 0 Å². The second-order valence-corrected chi connectivity index (χ2v) is 6.70. The molecule has 150 valence electrons. The van der Waals surface area contributed by atoms with E-state index in [0.29, 0.717) is 22.9 Å². The summed E-state index contributed by atoms with van der Waals surface area (Å²) in [4.78, 5) is 38.6. The number of thiophene rings is 1. The van der Waals surface area contributed by atoms with Crippen molar-refractivity contribution in [3.8, 4) is 5.75 Å². The third-order valence-corrected chi connectivity index (χ3v) is 4.60. The maximum Gasteiger partial charge on any atom is 0.264 e. The largest absolute Gasteiger partial charge is 0.497 e. The Morgan fingerprint density at radius 3 is 2.43 bits per heavy atom. The summed E-state index contributed by atoms with van der Waals surface area (Å²) in [5.74, 6) is -0.361. The molecular formula is C19H23N3O5S. The van der Waals surface area contributed by atoms with Crippen LogP contribution in [0.15, 0.2) is 41.8 Å². The van der Waals surface area contributed by atoms with E-state index in [1.165, 1.54) is 23.3 Å². The molecule has 0 fully saturated rings. The summed E-state index contributed by atoms with van der Waals surface area (Å²) in [5.41, 5.74) is 0.592. The first kappa shape index (κ1) is 21.4. The van der Waals surface area contributed by atoms with Crippen molar-refractivity contribution in [2.45, 2.75) is 0 Å². The van der Waals surface area contributed by atoms with Crippen LogP contribution in [-0.4, -0.2) is 63.1 Å². The quantitative estimate of drug-likeness (QED) is 0.626. The highest BCUT2D eigenvalue weighted by Gasteiger charge is 2.19. The molecule has 2 rings (SSSR count). The van der Waals surface area contributed by atoms with E-state index < -0.39 is 5.91 Å². The Hall–Kier alpha value is -2.91. The number of ether oxygens (including phenoxy) is 2. The Balaban J connectivity index is 1.83. The number of hydrogen-bond acceptors (Lipinski definition) is 6. The first-order valence-corrected chi connectivity index (χ1v) is 9.43. The molecule has 1 aromatic heterocycles. The molecule has 0 radical (unpaired) electrons. The number of anilines is 1. The molecule has 1 heterocycles. The highest BCUT2D eigenvalue weighted by molar-refractivity contribution is 7.12. The minimum atomic E-state index is -0.425. The number of amides is 3. The van der Waals surface area contributed by atoms with Crippen LogP contribution in [0.4, 0.5) is 5.69 Å². The van der Waals surface area contributed by atoms with Gasteiger partial charge in [0.2, 0.25) is 11.8 Å². The zero-order valence-corrected chi connectivity index (χ0v) is 16.6. The van der Waals surface area contributed by atoms with E-state index in [4.69, 9.17) is 9.47 Å². The molecule has 0 saturated carbocycles. The average Bonchev–Trinajstić information content (AvgIpc) is 3.24. The monoisotopic (exact) mass is 405 g/mol. The van der Waals surface area contributed by atoms with Gasteiger partial charge in [-0.1, -0.05) is 6.07 Å². The van der Waals surface area contributed by atoms with E-state index in [9.17, 15) is 14.4 Å². The van der Waals surface area contributed by atoms with Gasteiger partial charge in [0.25, 0.3) is 5.91 Å². The lowest BCUT2D eigenvalue weighted by Gasteiger charge is -2.21. The zero-order valence-electron chi connectivity index (χ0n) is 15.8. The minimum absolute atomic E-state index is 0.157. The van der Waals surface area contributed by atoms with Crippen LogP contribution in [0.5, 0.6) is 5.75 Å². The van der Waals surface area contributed by atoms with Crippen molar-refractivity contribution >= 4 is 34.7 Å². The van der Waals surface area contributed by atoms with Crippen molar-refractivity contribution in [3.05, 3.63) is 46.7 Å². The van der Waals surface area contributed by atoms with E-state index in [1.807, 2.05) is 0 Å². The second-order valence-electron chi connectivity index (χ2n) is 5.75. The minimum Gasteiger partial charge on any atom is -0.497 e. The molecule has 9 heteroatoms. The fourth-order valence-electron chi connectivity index (χ4n) is 2.30. The van der Waals surface area contributed by atoms with E-state index in [1.54, 1.807) is 48.9 Å². The van der Waals surface area contributed by atoms with Gasteiger partial charge in [0.05, 0.1) is 31.7 Å². The summed E-state index contributed by atoms with van der Waals surface area (Å²) in [5, 5.41) is 7.00. The van der Waals surface area contributed by atoms with Crippen LogP contribution in [0.2, 0.25) is 0 Å². The fourth-order valence-corrected chi connectivity index (χ4v) is 2.99. The molecule has 0 saturated heterocycles. The number of methoxy groups -OCH3 is 2. The molecule has 0 bridgehead atoms. The predicted octanol–water partition coefficient (Wildman–Crippen LogP) is 1.60. The molecule has 0 aliphatic carbocycles. The van der Waals surface area contributed by atoms with Gasteiger partial charge in [-0.25, -0.2) is 0 Å². The first-order valence-electron chi connectivity index (χ1n) is 8.55. The van der Waals surface area contributed by atoms with Crippen LogP contribution in [0, 0.1) is 0 Å². The summed E-state index contributed by atoms with van der Waals surface area (Å²) >= 11 is 1.31. The van der Waals surface area contributed by atoms with Gasteiger partial charge in [0.1, 0.15) is 5.75 Å². The van der Waals surface area contributed by atoms with Crippen LogP contribution in [0.25, 0.3) is 0 Å². The first-order chi connectivity index (χ1) is 13.5. The summed E-state index contributed by atoms with van der Waals surface area (Å²) in [6.45, 7) is 0.229. The van der Waals surface area contributed by atoms with Crippen LogP contribution >= 0.6 is 11.3 Å². The van der Waals surface area contributed by atoms with Gasteiger partial charge < -0.3 is 25.0 Å². The summed E-state index contributed by atoms with van der Waals surface area (Å²) in [6.07, 6.45) is 0. The molecule has 3 amide bonds. The van der Waals surface area contributed by atoms with Crippen LogP contribution in [-0.2, 0) is 14.3 Å². The number of hydrogen-bond donors (Lipinski definition) is 2. The normalized spacial score (nSPS) is 10.2. The lowest BCUT2D eigenvalue weighted by atomic mass is 10.3. The lowest BCUT2D eigenvalue weighted by Crippen LogP contribution is -2.43. The van der Waals surface area contributed by atoms with Crippen molar-refractivity contribution in [1.29, 1.82) is 0 Å². The molecule has 28 heavy (non-hydrogen) atoms. The van der Waals surface area contributed by atoms with Crippen LogP contribution in [0.1, 0.15) is 9.67 Å². The standard InChI is InChI=1S/C19H23N3O5S/c1-26-10-9-22(19(25)16-4-3-11-28-16)13-18(24)20-12-17(23)21-14-5-7-15(27-2)8-6-14/h3-8,11H,9-10,12-13H2,1-2H3,(H,20,24)(H,21,23). The Kier molecular flexibility index (Phi) is 8.44. The summed E-state index contributed by atoms with van der Waals surface area (Å²) in [7, 11) is 3.08. The fraction of sp³-hybridized carbons (Fsp3) is 0.316. The smallest absolute Gasteiger partial charge is 0.264 e. The van der Waals surface area contributed by atoms with E-state index in [2.05, 4.69) is 10.6 Å². The van der Waals surface area contributed by atoms with Crippen molar-refractivity contribution in [2.75, 3.05) is 45.8 Å². The van der Waals surface area contributed by atoms with Crippen molar-refractivity contribution < 1.29 is 23.9 Å². The Bertz CT molecular complexity index is 777. The number of carbonyl (C=O) groups is 3. The number of nitrogens with one attached hydrogen (secondary N) is 2. The van der Waals surface area contributed by atoms with Gasteiger partial charge in [-0.2, -0.15) is 0 Å².